The molecule has 16 heavy (non-hydrogen) atoms. The predicted molar refractivity (Wildman–Crippen MR) is 63.9 cm³/mol. The van der Waals surface area contributed by atoms with E-state index in [2.05, 4.69) is 34.5 Å². The molecule has 0 saturated carbocycles. The van der Waals surface area contributed by atoms with Crippen LogP contribution in [0.4, 0.5) is 0 Å². The molecule has 1 heterocycles. The summed E-state index contributed by atoms with van der Waals surface area (Å²) in [6.07, 6.45) is 1.06. The van der Waals surface area contributed by atoms with Crippen LogP contribution in [0.5, 0.6) is 0 Å². The molecule has 1 saturated heterocycles. The molecule has 3 nitrogen and oxygen atoms in total. The van der Waals surface area contributed by atoms with E-state index < -0.39 is 0 Å². The van der Waals surface area contributed by atoms with Gasteiger partial charge in [-0.1, -0.05) is 30.3 Å². The molecule has 1 aromatic carbocycles. The van der Waals surface area contributed by atoms with Crippen LogP contribution in [0.3, 0.4) is 0 Å². The lowest BCUT2D eigenvalue weighted by molar-refractivity contribution is -0.119. The minimum atomic E-state index is 0.0755. The van der Waals surface area contributed by atoms with Gasteiger partial charge in [0, 0.05) is 32.6 Å². The van der Waals surface area contributed by atoms with Crippen molar-refractivity contribution in [2.45, 2.75) is 25.9 Å². The minimum Gasteiger partial charge on any atom is -0.352 e. The summed E-state index contributed by atoms with van der Waals surface area (Å²) in [6, 6.07) is 10.8. The maximum absolute atomic E-state index is 10.9. The first-order valence-corrected chi connectivity index (χ1v) is 5.77. The molecule has 2 rings (SSSR count). The Morgan fingerprint density at radius 3 is 2.88 bits per heavy atom. The molecule has 1 aromatic rings. The van der Waals surface area contributed by atoms with E-state index in [0.29, 0.717) is 6.04 Å². The summed E-state index contributed by atoms with van der Waals surface area (Å²) in [5.41, 5.74) is 1.34. The summed E-state index contributed by atoms with van der Waals surface area (Å²) >= 11 is 0. The number of carbonyl (C=O) groups is 1. The van der Waals surface area contributed by atoms with E-state index >= 15 is 0 Å². The molecule has 1 fully saturated rings. The van der Waals surface area contributed by atoms with Crippen molar-refractivity contribution < 1.29 is 4.79 Å². The van der Waals surface area contributed by atoms with Crippen molar-refractivity contribution in [3.8, 4) is 0 Å². The van der Waals surface area contributed by atoms with Gasteiger partial charge < -0.3 is 5.32 Å². The summed E-state index contributed by atoms with van der Waals surface area (Å²) in [5.74, 6) is 0.0755. The van der Waals surface area contributed by atoms with Gasteiger partial charge in [0.2, 0.25) is 5.91 Å². The summed E-state index contributed by atoms with van der Waals surface area (Å²) < 4.78 is 0. The van der Waals surface area contributed by atoms with Crippen LogP contribution in [0.25, 0.3) is 0 Å². The summed E-state index contributed by atoms with van der Waals surface area (Å²) in [7, 11) is 0. The van der Waals surface area contributed by atoms with Crippen LogP contribution in [0.15, 0.2) is 30.3 Å². The second kappa shape index (κ2) is 5.12. The van der Waals surface area contributed by atoms with Crippen LogP contribution in [0.2, 0.25) is 0 Å². The SMILES string of the molecule is CC(=O)NC1CCN(Cc2ccccc2)C1. The topological polar surface area (TPSA) is 32.3 Å². The Morgan fingerprint density at radius 2 is 2.19 bits per heavy atom. The smallest absolute Gasteiger partial charge is 0.217 e. The molecule has 1 unspecified atom stereocenters. The van der Waals surface area contributed by atoms with Crippen LogP contribution in [-0.4, -0.2) is 29.9 Å². The zero-order valence-electron chi connectivity index (χ0n) is 9.65. The van der Waals surface area contributed by atoms with Crippen molar-refractivity contribution in [2.75, 3.05) is 13.1 Å². The zero-order chi connectivity index (χ0) is 11.4. The summed E-state index contributed by atoms with van der Waals surface area (Å²) in [6.45, 7) is 4.60. The third kappa shape index (κ3) is 3.07. The van der Waals surface area contributed by atoms with E-state index in [1.165, 1.54) is 5.56 Å². The Balaban J connectivity index is 1.83. The number of amides is 1. The quantitative estimate of drug-likeness (QED) is 0.831. The average Bonchev–Trinajstić information content (AvgIpc) is 2.66. The highest BCUT2D eigenvalue weighted by Crippen LogP contribution is 2.13. The van der Waals surface area contributed by atoms with Gasteiger partial charge in [0.1, 0.15) is 0 Å². The van der Waals surface area contributed by atoms with E-state index in [-0.39, 0.29) is 5.91 Å². The van der Waals surface area contributed by atoms with Gasteiger partial charge in [-0.15, -0.1) is 0 Å². The fourth-order valence-electron chi connectivity index (χ4n) is 2.22. The van der Waals surface area contributed by atoms with Crippen LogP contribution in [0.1, 0.15) is 18.9 Å². The van der Waals surface area contributed by atoms with E-state index in [0.717, 1.165) is 26.1 Å². The Morgan fingerprint density at radius 1 is 1.44 bits per heavy atom. The maximum Gasteiger partial charge on any atom is 0.217 e. The lowest BCUT2D eigenvalue weighted by atomic mass is 10.2. The molecule has 1 N–H and O–H groups in total. The number of hydrogen-bond donors (Lipinski definition) is 1. The fourth-order valence-corrected chi connectivity index (χ4v) is 2.22. The summed E-state index contributed by atoms with van der Waals surface area (Å²) in [4.78, 5) is 13.3. The second-order valence-corrected chi connectivity index (χ2v) is 4.41. The highest BCUT2D eigenvalue weighted by atomic mass is 16.1. The van der Waals surface area contributed by atoms with Crippen LogP contribution in [0, 0.1) is 0 Å². The van der Waals surface area contributed by atoms with Gasteiger partial charge >= 0.3 is 0 Å². The Bertz CT molecular complexity index is 350. The number of rotatable bonds is 3. The molecule has 0 bridgehead atoms. The maximum atomic E-state index is 10.9. The lowest BCUT2D eigenvalue weighted by Crippen LogP contribution is -2.35. The normalized spacial score (nSPS) is 20.9. The molecule has 1 aliphatic rings. The molecule has 86 valence electrons. The van der Waals surface area contributed by atoms with Crippen molar-refractivity contribution in [3.63, 3.8) is 0 Å². The molecule has 0 radical (unpaired) electrons. The van der Waals surface area contributed by atoms with Crippen LogP contribution >= 0.6 is 0 Å². The molecule has 1 amide bonds. The molecule has 1 aliphatic heterocycles. The molecular weight excluding hydrogens is 200 g/mol. The van der Waals surface area contributed by atoms with Gasteiger partial charge in [-0.25, -0.2) is 0 Å². The predicted octanol–water partition coefficient (Wildman–Crippen LogP) is 1.40. The zero-order valence-corrected chi connectivity index (χ0v) is 9.65. The van der Waals surface area contributed by atoms with E-state index in [9.17, 15) is 4.79 Å². The minimum absolute atomic E-state index is 0.0755. The first-order valence-electron chi connectivity index (χ1n) is 5.77. The number of nitrogens with one attached hydrogen (secondary N) is 1. The van der Waals surface area contributed by atoms with Crippen molar-refractivity contribution in [1.82, 2.24) is 10.2 Å². The third-order valence-electron chi connectivity index (χ3n) is 2.93. The van der Waals surface area contributed by atoms with Crippen molar-refractivity contribution >= 4 is 5.91 Å². The largest absolute Gasteiger partial charge is 0.352 e. The number of carbonyl (C=O) groups excluding carboxylic acids is 1. The van der Waals surface area contributed by atoms with Gasteiger partial charge in [-0.3, -0.25) is 9.69 Å². The first kappa shape index (κ1) is 11.1. The van der Waals surface area contributed by atoms with Crippen molar-refractivity contribution in [1.29, 1.82) is 0 Å². The van der Waals surface area contributed by atoms with Crippen LogP contribution < -0.4 is 5.32 Å². The van der Waals surface area contributed by atoms with E-state index in [4.69, 9.17) is 0 Å². The number of nitrogens with zero attached hydrogens (tertiary/aromatic N) is 1. The Hall–Kier alpha value is -1.35. The first-order chi connectivity index (χ1) is 7.74. The molecular formula is C13H18N2O. The Kier molecular flexibility index (Phi) is 3.57. The molecule has 0 aromatic heterocycles. The van der Waals surface area contributed by atoms with Crippen molar-refractivity contribution in [3.05, 3.63) is 35.9 Å². The molecule has 0 spiro atoms. The Labute approximate surface area is 96.5 Å². The van der Waals surface area contributed by atoms with E-state index in [1.54, 1.807) is 6.92 Å². The highest BCUT2D eigenvalue weighted by molar-refractivity contribution is 5.73. The number of hydrogen-bond acceptors (Lipinski definition) is 2. The van der Waals surface area contributed by atoms with Crippen molar-refractivity contribution in [2.24, 2.45) is 0 Å². The van der Waals surface area contributed by atoms with Gasteiger partial charge in [-0.2, -0.15) is 0 Å². The molecule has 3 heteroatoms. The summed E-state index contributed by atoms with van der Waals surface area (Å²) in [5, 5.41) is 2.98. The fraction of sp³-hybridized carbons (Fsp3) is 0.462. The second-order valence-electron chi connectivity index (χ2n) is 4.41. The monoisotopic (exact) mass is 218 g/mol. The number of benzene rings is 1. The molecule has 1 atom stereocenters. The average molecular weight is 218 g/mol. The van der Waals surface area contributed by atoms with Gasteiger partial charge in [-0.05, 0) is 12.0 Å². The van der Waals surface area contributed by atoms with Gasteiger partial charge in [0.25, 0.3) is 0 Å². The van der Waals surface area contributed by atoms with Crippen LogP contribution in [-0.2, 0) is 11.3 Å². The van der Waals surface area contributed by atoms with Gasteiger partial charge in [0.05, 0.1) is 0 Å². The third-order valence-corrected chi connectivity index (χ3v) is 2.93. The molecule has 0 aliphatic carbocycles. The standard InChI is InChI=1S/C13H18N2O/c1-11(16)14-13-7-8-15(10-13)9-12-5-3-2-4-6-12/h2-6,13H,7-10H2,1H3,(H,14,16). The highest BCUT2D eigenvalue weighted by Gasteiger charge is 2.22. The van der Waals surface area contributed by atoms with Gasteiger partial charge in [0.15, 0.2) is 0 Å². The van der Waals surface area contributed by atoms with E-state index in [1.807, 2.05) is 6.07 Å². The lowest BCUT2D eigenvalue weighted by Gasteiger charge is -2.16. The number of likely N-dealkylation sites (tertiary alicyclic amines) is 1.